The Balaban J connectivity index is 1.60. The number of nitrogens with zero attached hydrogens (tertiary/aromatic N) is 1. The Morgan fingerprint density at radius 3 is 2.49 bits per heavy atom. The van der Waals surface area contributed by atoms with E-state index in [2.05, 4.69) is 10.1 Å². The first-order valence-corrected chi connectivity index (χ1v) is 14.1. The zero-order chi connectivity index (χ0) is 28.6. The van der Waals surface area contributed by atoms with Crippen molar-refractivity contribution in [2.45, 2.75) is 83.5 Å². The third kappa shape index (κ3) is 6.51. The highest BCUT2D eigenvalue weighted by Crippen LogP contribution is 2.52. The molecule has 14 heteroatoms. The highest BCUT2D eigenvalue weighted by atomic mass is 31.2. The molecular formula is C25H34N3O10P. The molecule has 2 saturated heterocycles. The summed E-state index contributed by atoms with van der Waals surface area (Å²) in [6, 6.07) is 8.49. The first-order chi connectivity index (χ1) is 18.2. The molecule has 0 saturated carbocycles. The Kier molecular flexibility index (Phi) is 8.23. The summed E-state index contributed by atoms with van der Waals surface area (Å²) in [5, 5.41) is 2.63. The van der Waals surface area contributed by atoms with Gasteiger partial charge in [-0.2, -0.15) is 5.09 Å². The van der Waals surface area contributed by atoms with E-state index in [0.29, 0.717) is 0 Å². The van der Waals surface area contributed by atoms with Crippen molar-refractivity contribution in [3.63, 3.8) is 0 Å². The van der Waals surface area contributed by atoms with Gasteiger partial charge in [-0.3, -0.25) is 23.7 Å². The number of hydrogen-bond donors (Lipinski definition) is 2. The molecule has 1 aromatic heterocycles. The molecule has 39 heavy (non-hydrogen) atoms. The van der Waals surface area contributed by atoms with Crippen LogP contribution in [0, 0.1) is 0 Å². The quantitative estimate of drug-likeness (QED) is 0.321. The molecular weight excluding hydrogens is 533 g/mol. The zero-order valence-electron chi connectivity index (χ0n) is 22.6. The molecule has 0 spiro atoms. The SMILES string of the molecule is CC(C)OC(=O)[C@H](C)NP(=O)(OC[C@H]1O[C@@H](n2ccc(=O)[nH]c2=O)C2OC(C)(C)O[C@@]21C)Oc1ccccc1. The van der Waals surface area contributed by atoms with Crippen molar-refractivity contribution in [3.05, 3.63) is 63.4 Å². The molecule has 2 N–H and O–H groups in total. The lowest BCUT2D eigenvalue weighted by Gasteiger charge is -2.30. The van der Waals surface area contributed by atoms with Crippen molar-refractivity contribution < 1.29 is 37.4 Å². The largest absolute Gasteiger partial charge is 0.462 e. The van der Waals surface area contributed by atoms with Crippen molar-refractivity contribution in [1.82, 2.24) is 14.6 Å². The predicted octanol–water partition coefficient (Wildman–Crippen LogP) is 2.48. The van der Waals surface area contributed by atoms with E-state index in [4.69, 9.17) is 28.0 Å². The van der Waals surface area contributed by atoms with Gasteiger partial charge in [0.15, 0.2) is 12.0 Å². The van der Waals surface area contributed by atoms with E-state index in [-0.39, 0.29) is 18.5 Å². The lowest BCUT2D eigenvalue weighted by Crippen LogP contribution is -2.46. The molecule has 2 aliphatic heterocycles. The molecule has 0 aliphatic carbocycles. The van der Waals surface area contributed by atoms with Crippen molar-refractivity contribution in [1.29, 1.82) is 0 Å². The van der Waals surface area contributed by atoms with Crippen LogP contribution < -0.4 is 20.9 Å². The highest BCUT2D eigenvalue weighted by molar-refractivity contribution is 7.52. The molecule has 2 unspecified atom stereocenters. The summed E-state index contributed by atoms with van der Waals surface area (Å²) in [7, 11) is -4.20. The Labute approximate surface area is 225 Å². The number of hydrogen-bond acceptors (Lipinski definition) is 10. The van der Waals surface area contributed by atoms with Crippen molar-refractivity contribution >= 4 is 13.7 Å². The Morgan fingerprint density at radius 1 is 1.15 bits per heavy atom. The fourth-order valence-corrected chi connectivity index (χ4v) is 6.03. The second-order valence-electron chi connectivity index (χ2n) is 10.3. The number of aromatic amines is 1. The number of benzene rings is 1. The van der Waals surface area contributed by atoms with Gasteiger partial charge in [0.05, 0.1) is 12.7 Å². The molecule has 2 fully saturated rings. The van der Waals surface area contributed by atoms with Crippen LogP contribution in [-0.4, -0.2) is 57.9 Å². The normalized spacial score (nSPS) is 28.0. The number of carbonyl (C=O) groups excluding carboxylic acids is 1. The lowest BCUT2D eigenvalue weighted by atomic mass is 9.95. The molecule has 4 rings (SSSR count). The second kappa shape index (κ2) is 11.0. The number of nitrogens with one attached hydrogen (secondary N) is 2. The number of para-hydroxylation sites is 1. The predicted molar refractivity (Wildman–Crippen MR) is 138 cm³/mol. The van der Waals surface area contributed by atoms with Crippen molar-refractivity contribution in [2.24, 2.45) is 0 Å². The average molecular weight is 568 g/mol. The summed E-state index contributed by atoms with van der Waals surface area (Å²) >= 11 is 0. The minimum atomic E-state index is -4.20. The van der Waals surface area contributed by atoms with Gasteiger partial charge in [-0.1, -0.05) is 18.2 Å². The Bertz CT molecular complexity index is 1340. The monoisotopic (exact) mass is 567 g/mol. The maximum Gasteiger partial charge on any atom is 0.459 e. The van der Waals surface area contributed by atoms with Crippen molar-refractivity contribution in [2.75, 3.05) is 6.61 Å². The lowest BCUT2D eigenvalue weighted by molar-refractivity contribution is -0.214. The average Bonchev–Trinajstić information content (AvgIpc) is 3.23. The van der Waals surface area contributed by atoms with Gasteiger partial charge in [0.1, 0.15) is 29.6 Å². The van der Waals surface area contributed by atoms with Crippen molar-refractivity contribution in [3.8, 4) is 5.75 Å². The summed E-state index contributed by atoms with van der Waals surface area (Å²) in [5.41, 5.74) is -2.40. The number of rotatable bonds is 10. The summed E-state index contributed by atoms with van der Waals surface area (Å²) in [4.78, 5) is 38.8. The third-order valence-electron chi connectivity index (χ3n) is 6.19. The van der Waals surface area contributed by atoms with E-state index >= 15 is 0 Å². The van der Waals surface area contributed by atoms with Crippen LogP contribution in [0.15, 0.2) is 52.2 Å². The molecule has 6 atom stereocenters. The van der Waals surface area contributed by atoms with Gasteiger partial charge in [0.2, 0.25) is 0 Å². The zero-order valence-corrected chi connectivity index (χ0v) is 23.5. The van der Waals surface area contributed by atoms with E-state index in [1.807, 2.05) is 0 Å². The number of carbonyl (C=O) groups is 1. The van der Waals surface area contributed by atoms with Crippen LogP contribution in [0.4, 0.5) is 0 Å². The molecule has 0 radical (unpaired) electrons. The first-order valence-electron chi connectivity index (χ1n) is 12.5. The molecule has 13 nitrogen and oxygen atoms in total. The topological polar surface area (TPSA) is 156 Å². The molecule has 3 heterocycles. The van der Waals surface area contributed by atoms with E-state index in [0.717, 1.165) is 0 Å². The fraction of sp³-hybridized carbons (Fsp3) is 0.560. The van der Waals surface area contributed by atoms with Gasteiger partial charge in [0, 0.05) is 12.3 Å². The molecule has 0 bridgehead atoms. The highest BCUT2D eigenvalue weighted by Gasteiger charge is 2.64. The van der Waals surface area contributed by atoms with Crippen LogP contribution in [0.25, 0.3) is 0 Å². The number of H-pyrrole nitrogens is 1. The molecule has 2 aromatic rings. The van der Waals surface area contributed by atoms with Gasteiger partial charge in [-0.05, 0) is 53.7 Å². The summed E-state index contributed by atoms with van der Waals surface area (Å²) in [6.45, 7) is 9.71. The van der Waals surface area contributed by atoms with E-state index in [1.54, 1.807) is 65.0 Å². The van der Waals surface area contributed by atoms with Crippen LogP contribution in [0.5, 0.6) is 5.75 Å². The molecule has 214 valence electrons. The first kappa shape index (κ1) is 29.2. The third-order valence-corrected chi connectivity index (χ3v) is 7.83. The molecule has 2 aliphatic rings. The van der Waals surface area contributed by atoms with E-state index in [1.165, 1.54) is 23.8 Å². The van der Waals surface area contributed by atoms with Gasteiger partial charge in [0.25, 0.3) is 5.56 Å². The number of fused-ring (bicyclic) bond motifs is 1. The number of ether oxygens (including phenoxy) is 4. The Hall–Kier alpha value is -2.80. The molecule has 0 amide bonds. The molecule has 1 aromatic carbocycles. The number of esters is 1. The maximum absolute atomic E-state index is 13.9. The maximum atomic E-state index is 13.9. The van der Waals surface area contributed by atoms with Crippen LogP contribution in [0.2, 0.25) is 0 Å². The van der Waals surface area contributed by atoms with Crippen LogP contribution in [-0.2, 0) is 32.8 Å². The smallest absolute Gasteiger partial charge is 0.459 e. The van der Waals surface area contributed by atoms with E-state index < -0.39 is 60.8 Å². The minimum absolute atomic E-state index is 0.244. The summed E-state index contributed by atoms with van der Waals surface area (Å²) in [6.07, 6.45) is -1.75. The summed E-state index contributed by atoms with van der Waals surface area (Å²) < 4.78 is 50.3. The Morgan fingerprint density at radius 2 is 1.85 bits per heavy atom. The fourth-order valence-electron chi connectivity index (χ4n) is 4.54. The van der Waals surface area contributed by atoms with E-state index in [9.17, 15) is 18.9 Å². The van der Waals surface area contributed by atoms with Crippen LogP contribution in [0.3, 0.4) is 0 Å². The van der Waals surface area contributed by atoms with Gasteiger partial charge >= 0.3 is 19.4 Å². The van der Waals surface area contributed by atoms with Crippen LogP contribution >= 0.6 is 7.75 Å². The van der Waals surface area contributed by atoms with Crippen LogP contribution in [0.1, 0.15) is 47.8 Å². The van der Waals surface area contributed by atoms with Gasteiger partial charge < -0.3 is 23.5 Å². The van der Waals surface area contributed by atoms with Gasteiger partial charge in [-0.15, -0.1) is 0 Å². The minimum Gasteiger partial charge on any atom is -0.462 e. The standard InChI is InChI=1S/C25H34N3O10P/c1-15(2)34-22(30)16(3)27-39(32,37-17-10-8-7-9-11-17)33-14-18-25(6)20(36-24(4,5)38-25)21(35-18)28-13-12-19(29)26-23(28)31/h7-13,15-16,18,20-21H,14H2,1-6H3,(H,27,32)(H,26,29,31)/t16-,18+,20?,21+,25+,39?/m0/s1. The van der Waals surface area contributed by atoms with Gasteiger partial charge in [-0.25, -0.2) is 9.36 Å². The second-order valence-corrected chi connectivity index (χ2v) is 12.0. The summed E-state index contributed by atoms with van der Waals surface area (Å²) in [5.74, 6) is -1.43. The number of aromatic nitrogens is 2.